The van der Waals surface area contributed by atoms with Gasteiger partial charge >= 0.3 is 0 Å². The highest BCUT2D eigenvalue weighted by atomic mass is 32.2. The van der Waals surface area contributed by atoms with Crippen molar-refractivity contribution in [1.82, 2.24) is 4.40 Å². The lowest BCUT2D eigenvalue weighted by molar-refractivity contribution is 0.865. The molecule has 0 amide bonds. The highest BCUT2D eigenvalue weighted by Crippen LogP contribution is 2.38. The Morgan fingerprint density at radius 3 is 2.24 bits per heavy atom. The number of aromatic nitrogens is 1. The molecule has 0 aliphatic carbocycles. The minimum atomic E-state index is 0.563. The molecule has 1 nitrogen and oxygen atoms in total. The first-order valence-corrected chi connectivity index (χ1v) is 9.47. The van der Waals surface area contributed by atoms with Gasteiger partial charge in [-0.1, -0.05) is 74.1 Å². The molecule has 2 aromatic carbocycles. The standard InChI is InChI=1S/C23H21NS/c1-17(2)18-11-13-21(14-12-18)25-23-22(19-8-4-3-5-9-19)16-20-10-6-7-15-24(20)23/h3-17H,1-2H3. The van der Waals surface area contributed by atoms with E-state index in [-0.39, 0.29) is 0 Å². The number of benzene rings is 2. The lowest BCUT2D eigenvalue weighted by atomic mass is 10.0. The Hall–Kier alpha value is -2.45. The first-order valence-electron chi connectivity index (χ1n) is 8.66. The molecule has 0 atom stereocenters. The molecule has 124 valence electrons. The average Bonchev–Trinajstić information content (AvgIpc) is 3.02. The van der Waals surface area contributed by atoms with Crippen molar-refractivity contribution in [2.24, 2.45) is 0 Å². The van der Waals surface area contributed by atoms with Gasteiger partial charge in [0.2, 0.25) is 0 Å². The van der Waals surface area contributed by atoms with Crippen molar-refractivity contribution in [1.29, 1.82) is 0 Å². The summed E-state index contributed by atoms with van der Waals surface area (Å²) in [6, 6.07) is 28.2. The van der Waals surface area contributed by atoms with Crippen LogP contribution in [0, 0.1) is 0 Å². The van der Waals surface area contributed by atoms with Crippen LogP contribution in [0.25, 0.3) is 16.6 Å². The molecule has 25 heavy (non-hydrogen) atoms. The van der Waals surface area contributed by atoms with E-state index in [1.807, 2.05) is 11.8 Å². The minimum Gasteiger partial charge on any atom is -0.311 e. The minimum absolute atomic E-state index is 0.563. The first kappa shape index (κ1) is 16.0. The molecule has 2 heteroatoms. The lowest BCUT2D eigenvalue weighted by Gasteiger charge is -2.09. The van der Waals surface area contributed by atoms with E-state index >= 15 is 0 Å². The van der Waals surface area contributed by atoms with Gasteiger partial charge < -0.3 is 4.40 Å². The van der Waals surface area contributed by atoms with Crippen LogP contribution in [0.4, 0.5) is 0 Å². The first-order chi connectivity index (χ1) is 12.2. The third-order valence-corrected chi connectivity index (χ3v) is 5.60. The second kappa shape index (κ2) is 6.81. The van der Waals surface area contributed by atoms with Gasteiger partial charge in [-0.15, -0.1) is 0 Å². The molecule has 0 aliphatic heterocycles. The predicted octanol–water partition coefficient (Wildman–Crippen LogP) is 6.88. The molecule has 0 aliphatic rings. The van der Waals surface area contributed by atoms with Gasteiger partial charge in [-0.25, -0.2) is 0 Å². The van der Waals surface area contributed by atoms with Crippen LogP contribution in [-0.2, 0) is 0 Å². The van der Waals surface area contributed by atoms with Crippen LogP contribution in [0.3, 0.4) is 0 Å². The molecule has 2 aromatic heterocycles. The smallest absolute Gasteiger partial charge is 0.0922 e. The van der Waals surface area contributed by atoms with E-state index in [2.05, 4.69) is 103 Å². The molecular formula is C23H21NS. The van der Waals surface area contributed by atoms with Gasteiger partial charge in [0.25, 0.3) is 0 Å². The van der Waals surface area contributed by atoms with Crippen LogP contribution in [0.5, 0.6) is 0 Å². The molecule has 0 unspecified atom stereocenters. The number of nitrogens with zero attached hydrogens (tertiary/aromatic N) is 1. The van der Waals surface area contributed by atoms with Gasteiger partial charge in [0.15, 0.2) is 0 Å². The fraction of sp³-hybridized carbons (Fsp3) is 0.130. The summed E-state index contributed by atoms with van der Waals surface area (Å²) in [5.74, 6) is 0.563. The molecular weight excluding hydrogens is 322 g/mol. The van der Waals surface area contributed by atoms with Gasteiger partial charge in [-0.2, -0.15) is 0 Å². The zero-order valence-electron chi connectivity index (χ0n) is 14.5. The maximum absolute atomic E-state index is 2.28. The maximum atomic E-state index is 2.28. The highest BCUT2D eigenvalue weighted by Gasteiger charge is 2.13. The van der Waals surface area contributed by atoms with Crippen LogP contribution >= 0.6 is 11.8 Å². The van der Waals surface area contributed by atoms with E-state index in [1.54, 1.807) is 0 Å². The van der Waals surface area contributed by atoms with Gasteiger partial charge in [0, 0.05) is 22.2 Å². The Labute approximate surface area is 153 Å². The Morgan fingerprint density at radius 1 is 0.800 bits per heavy atom. The number of hydrogen-bond acceptors (Lipinski definition) is 1. The van der Waals surface area contributed by atoms with E-state index in [0.29, 0.717) is 5.92 Å². The summed E-state index contributed by atoms with van der Waals surface area (Å²) in [4.78, 5) is 1.27. The van der Waals surface area contributed by atoms with Gasteiger partial charge in [-0.3, -0.25) is 0 Å². The van der Waals surface area contributed by atoms with Crippen LogP contribution in [0.15, 0.2) is 95.0 Å². The molecule has 0 fully saturated rings. The van der Waals surface area contributed by atoms with Crippen LogP contribution in [0.2, 0.25) is 0 Å². The number of fused-ring (bicyclic) bond motifs is 1. The zero-order valence-corrected chi connectivity index (χ0v) is 15.3. The van der Waals surface area contributed by atoms with E-state index in [1.165, 1.54) is 32.1 Å². The zero-order chi connectivity index (χ0) is 17.2. The Balaban J connectivity index is 1.80. The summed E-state index contributed by atoms with van der Waals surface area (Å²) in [6.07, 6.45) is 2.15. The monoisotopic (exact) mass is 343 g/mol. The van der Waals surface area contributed by atoms with Crippen molar-refractivity contribution >= 4 is 17.3 Å². The lowest BCUT2D eigenvalue weighted by Crippen LogP contribution is -1.88. The van der Waals surface area contributed by atoms with E-state index < -0.39 is 0 Å². The van der Waals surface area contributed by atoms with Crippen molar-refractivity contribution in [3.05, 3.63) is 90.6 Å². The fourth-order valence-electron chi connectivity index (χ4n) is 3.06. The normalized spacial score (nSPS) is 11.3. The Kier molecular flexibility index (Phi) is 4.37. The molecule has 0 N–H and O–H groups in total. The summed E-state index contributed by atoms with van der Waals surface area (Å²) in [6.45, 7) is 4.46. The summed E-state index contributed by atoms with van der Waals surface area (Å²) in [7, 11) is 0. The maximum Gasteiger partial charge on any atom is 0.0922 e. The molecule has 2 heterocycles. The van der Waals surface area contributed by atoms with E-state index in [0.717, 1.165) is 0 Å². The highest BCUT2D eigenvalue weighted by molar-refractivity contribution is 7.99. The molecule has 4 rings (SSSR count). The largest absolute Gasteiger partial charge is 0.311 e. The molecule has 0 spiro atoms. The fourth-order valence-corrected chi connectivity index (χ4v) is 4.11. The second-order valence-electron chi connectivity index (χ2n) is 6.55. The molecule has 0 saturated heterocycles. The summed E-state index contributed by atoms with van der Waals surface area (Å²) in [5, 5.41) is 1.26. The SMILES string of the molecule is CC(C)c1ccc(Sc2c(-c3ccccc3)cc3ccccn23)cc1. The second-order valence-corrected chi connectivity index (χ2v) is 7.61. The van der Waals surface area contributed by atoms with Gasteiger partial charge in [0.1, 0.15) is 0 Å². The Bertz CT molecular complexity index is 982. The quantitative estimate of drug-likeness (QED) is 0.391. The van der Waals surface area contributed by atoms with Crippen LogP contribution in [-0.4, -0.2) is 4.40 Å². The summed E-state index contributed by atoms with van der Waals surface area (Å²) < 4.78 is 2.28. The molecule has 0 radical (unpaired) electrons. The Morgan fingerprint density at radius 2 is 1.52 bits per heavy atom. The van der Waals surface area contributed by atoms with Crippen LogP contribution < -0.4 is 0 Å². The van der Waals surface area contributed by atoms with E-state index in [9.17, 15) is 0 Å². The average molecular weight is 343 g/mol. The van der Waals surface area contributed by atoms with Crippen molar-refractivity contribution in [3.8, 4) is 11.1 Å². The predicted molar refractivity (Wildman–Crippen MR) is 107 cm³/mol. The van der Waals surface area contributed by atoms with Crippen LogP contribution in [0.1, 0.15) is 25.3 Å². The van der Waals surface area contributed by atoms with Crippen molar-refractivity contribution < 1.29 is 0 Å². The number of rotatable bonds is 4. The third kappa shape index (κ3) is 3.22. The molecule has 4 aromatic rings. The van der Waals surface area contributed by atoms with Crippen molar-refractivity contribution in [2.75, 3.05) is 0 Å². The van der Waals surface area contributed by atoms with Gasteiger partial charge in [-0.05, 0) is 47.4 Å². The molecule has 0 bridgehead atoms. The van der Waals surface area contributed by atoms with E-state index in [4.69, 9.17) is 0 Å². The number of pyridine rings is 1. The topological polar surface area (TPSA) is 4.41 Å². The summed E-state index contributed by atoms with van der Waals surface area (Å²) >= 11 is 1.83. The number of hydrogen-bond donors (Lipinski definition) is 0. The summed E-state index contributed by atoms with van der Waals surface area (Å²) in [5.41, 5.74) is 5.15. The van der Waals surface area contributed by atoms with Gasteiger partial charge in [0.05, 0.1) is 5.03 Å². The third-order valence-electron chi connectivity index (χ3n) is 4.48. The van der Waals surface area contributed by atoms with Crippen molar-refractivity contribution in [3.63, 3.8) is 0 Å². The van der Waals surface area contributed by atoms with Crippen molar-refractivity contribution in [2.45, 2.75) is 29.7 Å². The molecule has 0 saturated carbocycles.